The van der Waals surface area contributed by atoms with E-state index in [2.05, 4.69) is 10.6 Å². The molecule has 0 bridgehead atoms. The number of carbonyl (C=O) groups is 1. The van der Waals surface area contributed by atoms with Gasteiger partial charge in [-0.3, -0.25) is 4.79 Å². The van der Waals surface area contributed by atoms with E-state index in [0.717, 1.165) is 66.2 Å². The maximum absolute atomic E-state index is 12.6. The monoisotopic (exact) mass is 563 g/mol. The number of imidazole rings is 1. The van der Waals surface area contributed by atoms with E-state index in [9.17, 15) is 9.35 Å². The molecule has 0 atom stereocenters. The number of nitrogens with one attached hydrogen (secondary N) is 2. The van der Waals surface area contributed by atoms with Crippen LogP contribution in [0.15, 0.2) is 54.7 Å². The van der Waals surface area contributed by atoms with Gasteiger partial charge in [0.2, 0.25) is 5.88 Å². The van der Waals surface area contributed by atoms with Crippen LogP contribution < -0.4 is 15.4 Å². The Balaban J connectivity index is 1.33. The summed E-state index contributed by atoms with van der Waals surface area (Å²) in [5.74, 6) is 2.95. The van der Waals surface area contributed by atoms with Crippen LogP contribution in [0.3, 0.4) is 0 Å². The fourth-order valence-electron chi connectivity index (χ4n) is 4.82. The van der Waals surface area contributed by atoms with Gasteiger partial charge in [-0.05, 0) is 80.5 Å². The Morgan fingerprint density at radius 3 is 2.62 bits per heavy atom. The Morgan fingerprint density at radius 1 is 1.13 bits per heavy atom. The lowest BCUT2D eigenvalue weighted by atomic mass is 10.0. The quantitative estimate of drug-likeness (QED) is 0.270. The molecule has 4 aromatic rings. The summed E-state index contributed by atoms with van der Waals surface area (Å²) in [6.07, 6.45) is 5.77. The summed E-state index contributed by atoms with van der Waals surface area (Å²) in [5, 5.41) is 12.0. The second-order valence-corrected chi connectivity index (χ2v) is 12.4. The van der Waals surface area contributed by atoms with Gasteiger partial charge >= 0.3 is 0 Å². The third-order valence-corrected chi connectivity index (χ3v) is 8.88. The van der Waals surface area contributed by atoms with Crippen molar-refractivity contribution in [3.05, 3.63) is 70.9 Å². The number of carbonyl (C=O) groups excluding carboxylic acids is 1. The normalized spacial score (nSPS) is 19.2. The lowest BCUT2D eigenvalue weighted by Gasteiger charge is -2.24. The molecule has 39 heavy (non-hydrogen) atoms. The summed E-state index contributed by atoms with van der Waals surface area (Å²) in [6.45, 7) is 2.70. The Kier molecular flexibility index (Phi) is 7.38. The number of amides is 1. The Hall–Kier alpha value is -3.27. The molecule has 0 spiro atoms. The van der Waals surface area contributed by atoms with Gasteiger partial charge in [-0.25, -0.2) is 9.50 Å². The zero-order valence-electron chi connectivity index (χ0n) is 21.7. The van der Waals surface area contributed by atoms with Gasteiger partial charge in [-0.2, -0.15) is 0 Å². The number of ether oxygens (including phenoxy) is 1. The van der Waals surface area contributed by atoms with E-state index in [0.29, 0.717) is 39.8 Å². The largest absolute Gasteiger partial charge is 0.616 e. The highest BCUT2D eigenvalue weighted by atomic mass is 35.5. The first-order valence-electron chi connectivity index (χ1n) is 13.3. The first kappa shape index (κ1) is 26.0. The fourth-order valence-corrected chi connectivity index (χ4v) is 6.34. The summed E-state index contributed by atoms with van der Waals surface area (Å²) in [6, 6.07) is 15.1. The number of anilines is 1. The molecule has 1 amide bonds. The highest BCUT2D eigenvalue weighted by Crippen LogP contribution is 2.31. The fraction of sp³-hybridized carbons (Fsp3) is 0.345. The van der Waals surface area contributed by atoms with E-state index < -0.39 is 11.2 Å². The Morgan fingerprint density at radius 2 is 1.90 bits per heavy atom. The molecule has 2 aromatic heterocycles. The average Bonchev–Trinajstić information content (AvgIpc) is 3.64. The van der Waals surface area contributed by atoms with Crippen molar-refractivity contribution in [2.45, 2.75) is 38.6 Å². The van der Waals surface area contributed by atoms with Crippen LogP contribution in [0.25, 0.3) is 16.9 Å². The van der Waals surface area contributed by atoms with Crippen molar-refractivity contribution in [1.29, 1.82) is 0 Å². The average molecular weight is 564 g/mol. The van der Waals surface area contributed by atoms with Crippen LogP contribution in [0, 0.1) is 12.8 Å². The Labute approximate surface area is 235 Å². The molecule has 2 fully saturated rings. The lowest BCUT2D eigenvalue weighted by molar-refractivity contribution is 0.0950. The SMILES string of the molecule is Cc1cc(-c2cnc3c(NCC4CC[S+]([O-])CC4)cc(Oc4ccc(Cl)cc4)nn23)ccc1C(=O)NC1CC1. The van der Waals surface area contributed by atoms with Crippen molar-refractivity contribution in [2.24, 2.45) is 5.92 Å². The van der Waals surface area contributed by atoms with Gasteiger partial charge in [0.15, 0.2) is 5.65 Å². The van der Waals surface area contributed by atoms with Crippen LogP contribution in [0.1, 0.15) is 41.6 Å². The van der Waals surface area contributed by atoms with Crippen molar-refractivity contribution < 1.29 is 14.1 Å². The summed E-state index contributed by atoms with van der Waals surface area (Å²) >= 11 is 5.36. The molecule has 3 heterocycles. The number of hydrogen-bond donors (Lipinski definition) is 2. The van der Waals surface area contributed by atoms with Gasteiger partial charge in [-0.1, -0.05) is 28.8 Å². The third-order valence-electron chi connectivity index (χ3n) is 7.25. The van der Waals surface area contributed by atoms with Crippen LogP contribution in [0.5, 0.6) is 11.6 Å². The molecule has 2 aromatic carbocycles. The van der Waals surface area contributed by atoms with Crippen LogP contribution >= 0.6 is 11.6 Å². The van der Waals surface area contributed by atoms with Gasteiger partial charge in [0.25, 0.3) is 5.91 Å². The zero-order valence-corrected chi connectivity index (χ0v) is 23.2. The zero-order chi connectivity index (χ0) is 26.9. The van der Waals surface area contributed by atoms with Gasteiger partial charge in [0, 0.05) is 34.8 Å². The summed E-state index contributed by atoms with van der Waals surface area (Å²) < 4.78 is 19.7. The smallest absolute Gasteiger partial charge is 0.251 e. The van der Waals surface area contributed by atoms with E-state index in [1.807, 2.05) is 31.2 Å². The molecule has 2 aliphatic rings. The van der Waals surface area contributed by atoms with Crippen molar-refractivity contribution in [1.82, 2.24) is 19.9 Å². The molecular weight excluding hydrogens is 534 g/mol. The predicted molar refractivity (Wildman–Crippen MR) is 154 cm³/mol. The molecule has 1 aliphatic heterocycles. The molecular formula is C29H30ClN5O3S. The van der Waals surface area contributed by atoms with E-state index in [4.69, 9.17) is 26.4 Å². The number of halogens is 1. The molecule has 6 rings (SSSR count). The second-order valence-electron chi connectivity index (χ2n) is 10.3. The number of aromatic nitrogens is 3. The minimum Gasteiger partial charge on any atom is -0.616 e. The summed E-state index contributed by atoms with van der Waals surface area (Å²) in [4.78, 5) is 17.3. The Bertz CT molecular complexity index is 1500. The molecule has 0 unspecified atom stereocenters. The van der Waals surface area contributed by atoms with Gasteiger partial charge in [-0.15, -0.1) is 5.10 Å². The van der Waals surface area contributed by atoms with Crippen LogP contribution in [0.2, 0.25) is 5.02 Å². The predicted octanol–water partition coefficient (Wildman–Crippen LogP) is 5.61. The first-order chi connectivity index (χ1) is 18.9. The van der Waals surface area contributed by atoms with Gasteiger partial charge < -0.3 is 19.9 Å². The number of hydrogen-bond acceptors (Lipinski definition) is 6. The highest BCUT2D eigenvalue weighted by Gasteiger charge is 2.25. The second kappa shape index (κ2) is 11.1. The highest BCUT2D eigenvalue weighted by molar-refractivity contribution is 7.91. The minimum atomic E-state index is -0.693. The molecule has 1 aliphatic carbocycles. The van der Waals surface area contributed by atoms with Crippen LogP contribution in [-0.4, -0.2) is 49.2 Å². The number of nitrogens with zero attached hydrogens (tertiary/aromatic N) is 3. The van der Waals surface area contributed by atoms with E-state index in [-0.39, 0.29) is 5.91 Å². The van der Waals surface area contributed by atoms with E-state index >= 15 is 0 Å². The third kappa shape index (κ3) is 6.00. The van der Waals surface area contributed by atoms with Crippen molar-refractivity contribution in [3.8, 4) is 22.9 Å². The molecule has 8 nitrogen and oxygen atoms in total. The van der Waals surface area contributed by atoms with Crippen LogP contribution in [-0.2, 0) is 11.2 Å². The molecule has 10 heteroatoms. The van der Waals surface area contributed by atoms with E-state index in [1.54, 1.807) is 35.0 Å². The molecule has 0 radical (unpaired) electrons. The van der Waals surface area contributed by atoms with Crippen molar-refractivity contribution in [3.63, 3.8) is 0 Å². The maximum Gasteiger partial charge on any atom is 0.251 e. The standard InChI is InChI=1S/C29H30ClN5O3S/c1-18-14-20(2-9-24(18)29(36)33-22-5-6-22)26-17-32-28-25(31-16-19-10-12-39(37)13-11-19)15-27(34-35(26)28)38-23-7-3-21(30)4-8-23/h2-4,7-9,14-15,17,19,22,31H,5-6,10-13,16H2,1H3,(H,33,36). The number of benzene rings is 2. The molecule has 1 saturated carbocycles. The van der Waals surface area contributed by atoms with Crippen molar-refractivity contribution >= 4 is 40.0 Å². The first-order valence-corrected chi connectivity index (χ1v) is 15.1. The summed E-state index contributed by atoms with van der Waals surface area (Å²) in [7, 11) is 0. The van der Waals surface area contributed by atoms with Crippen molar-refractivity contribution in [2.75, 3.05) is 23.4 Å². The topological polar surface area (TPSA) is 104 Å². The minimum absolute atomic E-state index is 0.0329. The summed E-state index contributed by atoms with van der Waals surface area (Å²) in [5.41, 5.74) is 4.75. The number of rotatable bonds is 8. The molecule has 202 valence electrons. The molecule has 1 saturated heterocycles. The van der Waals surface area contributed by atoms with Gasteiger partial charge in [0.1, 0.15) is 17.3 Å². The maximum atomic E-state index is 12.6. The lowest BCUT2D eigenvalue weighted by Crippen LogP contribution is -2.27. The molecule has 2 N–H and O–H groups in total. The number of aryl methyl sites for hydroxylation is 1. The van der Waals surface area contributed by atoms with E-state index in [1.165, 1.54) is 0 Å². The van der Waals surface area contributed by atoms with Gasteiger partial charge in [0.05, 0.1) is 17.6 Å². The van der Waals surface area contributed by atoms with Crippen LogP contribution in [0.4, 0.5) is 5.69 Å². The number of fused-ring (bicyclic) bond motifs is 1.